The van der Waals surface area contributed by atoms with E-state index in [1.54, 1.807) is 44.8 Å². The number of para-hydroxylation sites is 1. The summed E-state index contributed by atoms with van der Waals surface area (Å²) in [6.07, 6.45) is 3.74. The Morgan fingerprint density at radius 3 is 2.69 bits per heavy atom. The number of aromatic amines is 1. The first-order valence-corrected chi connectivity index (χ1v) is 12.3. The SMILES string of the molecule is CCOC(=O)C1=C(C)N=c2s/c(=C/c3c[nH]c4ccccc34)c(=O)n2C1c1ccc(OC)c(OC)c1. The molecule has 0 aliphatic carbocycles. The van der Waals surface area contributed by atoms with Crippen LogP contribution in [0, 0.1) is 0 Å². The molecule has 184 valence electrons. The van der Waals surface area contributed by atoms with Crippen LogP contribution in [0.4, 0.5) is 0 Å². The van der Waals surface area contributed by atoms with Crippen molar-refractivity contribution in [2.75, 3.05) is 20.8 Å². The van der Waals surface area contributed by atoms with Crippen LogP contribution in [-0.4, -0.2) is 36.3 Å². The Bertz CT molecular complexity index is 1690. The van der Waals surface area contributed by atoms with Crippen molar-refractivity contribution >= 4 is 34.3 Å². The molecular weight excluding hydrogens is 478 g/mol. The molecule has 0 bridgehead atoms. The van der Waals surface area contributed by atoms with E-state index in [1.807, 2.05) is 42.6 Å². The fraction of sp³-hybridized carbons (Fsp3) is 0.222. The van der Waals surface area contributed by atoms with Gasteiger partial charge in [0.25, 0.3) is 5.56 Å². The zero-order chi connectivity index (χ0) is 25.4. The van der Waals surface area contributed by atoms with E-state index in [-0.39, 0.29) is 12.2 Å². The predicted octanol–water partition coefficient (Wildman–Crippen LogP) is 3.30. The Labute approximate surface area is 210 Å². The van der Waals surface area contributed by atoms with Crippen molar-refractivity contribution in [1.82, 2.24) is 9.55 Å². The van der Waals surface area contributed by atoms with E-state index in [2.05, 4.69) is 9.98 Å². The number of nitrogens with one attached hydrogen (secondary N) is 1. The van der Waals surface area contributed by atoms with Crippen LogP contribution < -0.4 is 24.4 Å². The lowest BCUT2D eigenvalue weighted by molar-refractivity contribution is -0.139. The van der Waals surface area contributed by atoms with E-state index in [0.717, 1.165) is 16.5 Å². The number of hydrogen-bond donors (Lipinski definition) is 1. The minimum absolute atomic E-state index is 0.208. The van der Waals surface area contributed by atoms with Crippen LogP contribution in [0.5, 0.6) is 11.5 Å². The van der Waals surface area contributed by atoms with Gasteiger partial charge in [0.2, 0.25) is 0 Å². The maximum absolute atomic E-state index is 13.8. The van der Waals surface area contributed by atoms with Crippen molar-refractivity contribution in [1.29, 1.82) is 0 Å². The van der Waals surface area contributed by atoms with E-state index in [4.69, 9.17) is 14.2 Å². The molecule has 1 unspecified atom stereocenters. The Kier molecular flexibility index (Phi) is 6.24. The number of carbonyl (C=O) groups excluding carboxylic acids is 1. The normalized spacial score (nSPS) is 15.6. The van der Waals surface area contributed by atoms with Crippen LogP contribution in [0.1, 0.15) is 31.0 Å². The number of fused-ring (bicyclic) bond motifs is 2. The number of esters is 1. The van der Waals surface area contributed by atoms with Crippen molar-refractivity contribution in [2.24, 2.45) is 4.99 Å². The molecule has 1 aliphatic rings. The maximum atomic E-state index is 13.8. The number of carbonyl (C=O) groups is 1. The molecule has 2 aromatic heterocycles. The highest BCUT2D eigenvalue weighted by Crippen LogP contribution is 2.36. The molecule has 0 saturated heterocycles. The quantitative estimate of drug-likeness (QED) is 0.408. The Morgan fingerprint density at radius 1 is 1.17 bits per heavy atom. The molecule has 0 spiro atoms. The van der Waals surface area contributed by atoms with Gasteiger partial charge < -0.3 is 19.2 Å². The second kappa shape index (κ2) is 9.50. The van der Waals surface area contributed by atoms with Gasteiger partial charge in [-0.3, -0.25) is 9.36 Å². The van der Waals surface area contributed by atoms with Gasteiger partial charge in [-0.25, -0.2) is 9.79 Å². The number of thiazole rings is 1. The standard InChI is InChI=1S/C27H25N3O5S/c1-5-35-26(32)23-15(2)29-27-30(24(23)16-10-11-20(33-3)21(12-16)34-4)25(31)22(36-27)13-17-14-28-19-9-7-6-8-18(17)19/h6-14,24,28H,5H2,1-4H3/b22-13+. The second-order valence-electron chi connectivity index (χ2n) is 8.21. The lowest BCUT2D eigenvalue weighted by Gasteiger charge is -2.25. The van der Waals surface area contributed by atoms with Gasteiger partial charge in [-0.1, -0.05) is 35.6 Å². The molecule has 36 heavy (non-hydrogen) atoms. The molecule has 9 heteroatoms. The number of rotatable bonds is 6. The molecule has 0 amide bonds. The molecule has 0 radical (unpaired) electrons. The van der Waals surface area contributed by atoms with E-state index in [0.29, 0.717) is 37.7 Å². The summed E-state index contributed by atoms with van der Waals surface area (Å²) in [4.78, 5) is 35.3. The smallest absolute Gasteiger partial charge is 0.338 e. The highest BCUT2D eigenvalue weighted by atomic mass is 32.1. The summed E-state index contributed by atoms with van der Waals surface area (Å²) in [5.41, 5.74) is 3.16. The van der Waals surface area contributed by atoms with Crippen molar-refractivity contribution in [3.8, 4) is 11.5 Å². The molecule has 1 aliphatic heterocycles. The first kappa shape index (κ1) is 23.6. The summed E-state index contributed by atoms with van der Waals surface area (Å²) in [6, 6.07) is 12.5. The zero-order valence-electron chi connectivity index (χ0n) is 20.3. The minimum atomic E-state index is -0.731. The molecule has 4 aromatic rings. The first-order chi connectivity index (χ1) is 17.5. The monoisotopic (exact) mass is 503 g/mol. The third kappa shape index (κ3) is 3.91. The van der Waals surface area contributed by atoms with Gasteiger partial charge in [0.1, 0.15) is 0 Å². The fourth-order valence-corrected chi connectivity index (χ4v) is 5.52. The maximum Gasteiger partial charge on any atom is 0.338 e. The Hall–Kier alpha value is -4.11. The van der Waals surface area contributed by atoms with Crippen LogP contribution in [-0.2, 0) is 9.53 Å². The van der Waals surface area contributed by atoms with Crippen LogP contribution >= 0.6 is 11.3 Å². The molecule has 1 N–H and O–H groups in total. The average Bonchev–Trinajstić information content (AvgIpc) is 3.43. The van der Waals surface area contributed by atoms with Crippen LogP contribution in [0.3, 0.4) is 0 Å². The number of hydrogen-bond acceptors (Lipinski definition) is 7. The van der Waals surface area contributed by atoms with Crippen molar-refractivity contribution in [3.63, 3.8) is 0 Å². The van der Waals surface area contributed by atoms with Gasteiger partial charge in [-0.05, 0) is 43.7 Å². The number of H-pyrrole nitrogens is 1. The van der Waals surface area contributed by atoms with Gasteiger partial charge in [0.15, 0.2) is 16.3 Å². The molecule has 0 fully saturated rings. The second-order valence-corrected chi connectivity index (χ2v) is 9.22. The minimum Gasteiger partial charge on any atom is -0.493 e. The average molecular weight is 504 g/mol. The summed E-state index contributed by atoms with van der Waals surface area (Å²) >= 11 is 1.29. The third-order valence-electron chi connectivity index (χ3n) is 6.15. The van der Waals surface area contributed by atoms with Crippen molar-refractivity contribution in [2.45, 2.75) is 19.9 Å². The van der Waals surface area contributed by atoms with E-state index >= 15 is 0 Å². The number of allylic oxidation sites excluding steroid dienone is 1. The summed E-state index contributed by atoms with van der Waals surface area (Å²) in [5.74, 6) is 0.532. The van der Waals surface area contributed by atoms with Gasteiger partial charge in [0, 0.05) is 22.7 Å². The van der Waals surface area contributed by atoms with Crippen LogP contribution in [0.25, 0.3) is 17.0 Å². The summed E-state index contributed by atoms with van der Waals surface area (Å²) in [5, 5.41) is 1.02. The zero-order valence-corrected chi connectivity index (χ0v) is 21.1. The highest BCUT2D eigenvalue weighted by Gasteiger charge is 2.34. The molecule has 3 heterocycles. The van der Waals surface area contributed by atoms with E-state index in [1.165, 1.54) is 11.3 Å². The Morgan fingerprint density at radius 2 is 1.94 bits per heavy atom. The van der Waals surface area contributed by atoms with Crippen molar-refractivity contribution < 1.29 is 19.0 Å². The van der Waals surface area contributed by atoms with Gasteiger partial charge in [-0.2, -0.15) is 0 Å². The molecule has 1 atom stereocenters. The van der Waals surface area contributed by atoms with E-state index < -0.39 is 12.0 Å². The predicted molar refractivity (Wildman–Crippen MR) is 138 cm³/mol. The summed E-state index contributed by atoms with van der Waals surface area (Å²) < 4.78 is 18.3. The highest BCUT2D eigenvalue weighted by molar-refractivity contribution is 7.07. The summed E-state index contributed by atoms with van der Waals surface area (Å²) in [7, 11) is 3.10. The molecule has 5 rings (SSSR count). The Balaban J connectivity index is 1.75. The molecule has 8 nitrogen and oxygen atoms in total. The largest absolute Gasteiger partial charge is 0.493 e. The lowest BCUT2D eigenvalue weighted by atomic mass is 9.95. The van der Waals surface area contributed by atoms with Crippen LogP contribution in [0.15, 0.2) is 69.7 Å². The topological polar surface area (TPSA) is 94.9 Å². The summed E-state index contributed by atoms with van der Waals surface area (Å²) in [6.45, 7) is 3.71. The van der Waals surface area contributed by atoms with Gasteiger partial charge in [-0.15, -0.1) is 0 Å². The number of ether oxygens (including phenoxy) is 3. The molecule has 0 saturated carbocycles. The van der Waals surface area contributed by atoms with Gasteiger partial charge >= 0.3 is 5.97 Å². The van der Waals surface area contributed by atoms with Crippen molar-refractivity contribution in [3.05, 3.63) is 90.7 Å². The van der Waals surface area contributed by atoms with Gasteiger partial charge in [0.05, 0.1) is 42.7 Å². The van der Waals surface area contributed by atoms with Crippen LogP contribution in [0.2, 0.25) is 0 Å². The molecule has 2 aromatic carbocycles. The van der Waals surface area contributed by atoms with E-state index in [9.17, 15) is 9.59 Å². The number of benzene rings is 2. The fourth-order valence-electron chi connectivity index (χ4n) is 4.48. The third-order valence-corrected chi connectivity index (χ3v) is 7.13. The number of nitrogens with zero attached hydrogens (tertiary/aromatic N) is 2. The molecular formula is C27H25N3O5S. The first-order valence-electron chi connectivity index (χ1n) is 11.4. The number of aromatic nitrogens is 2. The lowest BCUT2D eigenvalue weighted by Crippen LogP contribution is -2.39. The number of methoxy groups -OCH3 is 2.